The SMILES string of the molecule is CC1CCC(n2c(CCl)nc3cc(Cl)c(F)cc32)C1C. The second-order valence-electron chi connectivity index (χ2n) is 5.77. The minimum atomic E-state index is -0.403. The van der Waals surface area contributed by atoms with Crippen LogP contribution in [0.3, 0.4) is 0 Å². The molecule has 20 heavy (non-hydrogen) atoms. The number of nitrogens with zero attached hydrogens (tertiary/aromatic N) is 2. The molecule has 0 saturated heterocycles. The van der Waals surface area contributed by atoms with Gasteiger partial charge in [-0.25, -0.2) is 9.37 Å². The van der Waals surface area contributed by atoms with Crippen LogP contribution in [-0.4, -0.2) is 9.55 Å². The van der Waals surface area contributed by atoms with Gasteiger partial charge < -0.3 is 4.57 Å². The highest BCUT2D eigenvalue weighted by molar-refractivity contribution is 6.31. The lowest BCUT2D eigenvalue weighted by molar-refractivity contribution is 0.354. The topological polar surface area (TPSA) is 17.8 Å². The molecule has 1 saturated carbocycles. The van der Waals surface area contributed by atoms with Crippen LogP contribution in [0.4, 0.5) is 4.39 Å². The van der Waals surface area contributed by atoms with Crippen molar-refractivity contribution < 1.29 is 4.39 Å². The van der Waals surface area contributed by atoms with Crippen LogP contribution in [0.2, 0.25) is 5.02 Å². The van der Waals surface area contributed by atoms with Crippen molar-refractivity contribution in [3.8, 4) is 0 Å². The summed E-state index contributed by atoms with van der Waals surface area (Å²) in [7, 11) is 0. The minimum absolute atomic E-state index is 0.108. The van der Waals surface area contributed by atoms with E-state index in [1.165, 1.54) is 12.5 Å². The van der Waals surface area contributed by atoms with Crippen LogP contribution in [0.25, 0.3) is 11.0 Å². The van der Waals surface area contributed by atoms with Gasteiger partial charge in [-0.05, 0) is 30.7 Å². The molecule has 3 rings (SSSR count). The molecule has 108 valence electrons. The summed E-state index contributed by atoms with van der Waals surface area (Å²) >= 11 is 11.9. The number of halogens is 3. The molecule has 1 aliphatic rings. The first-order valence-electron chi connectivity index (χ1n) is 6.94. The van der Waals surface area contributed by atoms with Gasteiger partial charge in [0.05, 0.1) is 21.9 Å². The van der Waals surface area contributed by atoms with Crippen molar-refractivity contribution in [2.45, 2.75) is 38.6 Å². The van der Waals surface area contributed by atoms with Gasteiger partial charge in [0.15, 0.2) is 0 Å². The number of rotatable bonds is 2. The van der Waals surface area contributed by atoms with Crippen molar-refractivity contribution in [2.24, 2.45) is 11.8 Å². The number of hydrogen-bond donors (Lipinski definition) is 0. The molecule has 0 bridgehead atoms. The largest absolute Gasteiger partial charge is 0.323 e. The summed E-state index contributed by atoms with van der Waals surface area (Å²) in [6.45, 7) is 4.51. The van der Waals surface area contributed by atoms with Crippen molar-refractivity contribution >= 4 is 34.2 Å². The van der Waals surface area contributed by atoms with Gasteiger partial charge >= 0.3 is 0 Å². The van der Waals surface area contributed by atoms with Crippen molar-refractivity contribution in [2.75, 3.05) is 0 Å². The summed E-state index contributed by atoms with van der Waals surface area (Å²) in [5.74, 6) is 1.92. The van der Waals surface area contributed by atoms with E-state index in [9.17, 15) is 4.39 Å². The van der Waals surface area contributed by atoms with E-state index in [0.717, 1.165) is 23.3 Å². The molecule has 0 aliphatic heterocycles. The van der Waals surface area contributed by atoms with E-state index < -0.39 is 5.82 Å². The van der Waals surface area contributed by atoms with Gasteiger partial charge in [0, 0.05) is 12.1 Å². The fourth-order valence-electron chi connectivity index (χ4n) is 3.31. The minimum Gasteiger partial charge on any atom is -0.323 e. The highest BCUT2D eigenvalue weighted by Gasteiger charge is 2.33. The number of benzene rings is 1. The molecule has 2 nitrogen and oxygen atoms in total. The predicted molar refractivity (Wildman–Crippen MR) is 80.9 cm³/mol. The van der Waals surface area contributed by atoms with E-state index in [-0.39, 0.29) is 5.02 Å². The summed E-state index contributed by atoms with van der Waals surface area (Å²) in [5, 5.41) is 0.108. The Morgan fingerprint density at radius 3 is 2.70 bits per heavy atom. The number of alkyl halides is 1. The van der Waals surface area contributed by atoms with Crippen molar-refractivity contribution in [1.29, 1.82) is 0 Å². The average molecular weight is 315 g/mol. The lowest BCUT2D eigenvalue weighted by Crippen LogP contribution is -2.16. The molecule has 1 fully saturated rings. The van der Waals surface area contributed by atoms with Gasteiger partial charge in [0.2, 0.25) is 0 Å². The molecule has 1 aliphatic carbocycles. The van der Waals surface area contributed by atoms with E-state index in [4.69, 9.17) is 23.2 Å². The summed E-state index contributed by atoms with van der Waals surface area (Å²) in [6, 6.07) is 3.41. The third-order valence-corrected chi connectivity index (χ3v) is 5.21. The summed E-state index contributed by atoms with van der Waals surface area (Å²) < 4.78 is 15.9. The third-order valence-electron chi connectivity index (χ3n) is 4.68. The van der Waals surface area contributed by atoms with Crippen LogP contribution in [0.15, 0.2) is 12.1 Å². The van der Waals surface area contributed by atoms with E-state index >= 15 is 0 Å². The lowest BCUT2D eigenvalue weighted by atomic mass is 9.97. The number of imidazole rings is 1. The molecule has 1 aromatic heterocycles. The zero-order chi connectivity index (χ0) is 14.4. The molecule has 1 heterocycles. The highest BCUT2D eigenvalue weighted by atomic mass is 35.5. The monoisotopic (exact) mass is 314 g/mol. The van der Waals surface area contributed by atoms with E-state index in [1.54, 1.807) is 6.07 Å². The third kappa shape index (κ3) is 2.11. The van der Waals surface area contributed by atoms with Crippen molar-refractivity contribution in [1.82, 2.24) is 9.55 Å². The van der Waals surface area contributed by atoms with Crippen LogP contribution in [-0.2, 0) is 5.88 Å². The number of fused-ring (bicyclic) bond motifs is 1. The van der Waals surface area contributed by atoms with Crippen LogP contribution in [0, 0.1) is 17.7 Å². The van der Waals surface area contributed by atoms with E-state index in [1.807, 2.05) is 0 Å². The molecule has 0 radical (unpaired) electrons. The Balaban J connectivity index is 2.20. The normalized spacial score (nSPS) is 26.6. The average Bonchev–Trinajstić information content (AvgIpc) is 2.92. The quantitative estimate of drug-likeness (QED) is 0.699. The maximum absolute atomic E-state index is 13.8. The van der Waals surface area contributed by atoms with Gasteiger partial charge in [0.25, 0.3) is 0 Å². The lowest BCUT2D eigenvalue weighted by Gasteiger charge is -2.22. The maximum atomic E-state index is 13.8. The van der Waals surface area contributed by atoms with Crippen LogP contribution >= 0.6 is 23.2 Å². The zero-order valence-corrected chi connectivity index (χ0v) is 13.0. The molecular weight excluding hydrogens is 298 g/mol. The number of aromatic nitrogens is 2. The fraction of sp³-hybridized carbons (Fsp3) is 0.533. The molecule has 0 spiro atoms. The van der Waals surface area contributed by atoms with Crippen molar-refractivity contribution in [3.05, 3.63) is 28.8 Å². The second-order valence-corrected chi connectivity index (χ2v) is 6.44. The summed E-state index contributed by atoms with van der Waals surface area (Å²) in [4.78, 5) is 4.52. The van der Waals surface area contributed by atoms with Gasteiger partial charge in [-0.15, -0.1) is 11.6 Å². The smallest absolute Gasteiger partial charge is 0.144 e. The van der Waals surface area contributed by atoms with Gasteiger partial charge in [-0.1, -0.05) is 25.4 Å². The molecular formula is C15H17Cl2FN2. The van der Waals surface area contributed by atoms with Gasteiger partial charge in [-0.2, -0.15) is 0 Å². The molecule has 3 unspecified atom stereocenters. The first-order valence-corrected chi connectivity index (χ1v) is 7.86. The fourth-order valence-corrected chi connectivity index (χ4v) is 3.65. The van der Waals surface area contributed by atoms with Gasteiger partial charge in [-0.3, -0.25) is 0 Å². The molecule has 3 atom stereocenters. The zero-order valence-electron chi connectivity index (χ0n) is 11.5. The Kier molecular flexibility index (Phi) is 3.67. The number of hydrogen-bond acceptors (Lipinski definition) is 1. The summed E-state index contributed by atoms with van der Waals surface area (Å²) in [5.41, 5.74) is 1.52. The first kappa shape index (κ1) is 14.2. The Morgan fingerprint density at radius 2 is 2.10 bits per heavy atom. The molecule has 0 amide bonds. The van der Waals surface area contributed by atoms with Crippen LogP contribution in [0.1, 0.15) is 38.6 Å². The predicted octanol–water partition coefficient (Wildman–Crippen LogP) is 5.17. The Morgan fingerprint density at radius 1 is 1.35 bits per heavy atom. The molecule has 0 N–H and O–H groups in total. The second kappa shape index (κ2) is 5.19. The Hall–Kier alpha value is -0.800. The molecule has 1 aromatic carbocycles. The first-order chi connectivity index (χ1) is 9.52. The highest BCUT2D eigenvalue weighted by Crippen LogP contribution is 2.42. The van der Waals surface area contributed by atoms with Crippen LogP contribution < -0.4 is 0 Å². The summed E-state index contributed by atoms with van der Waals surface area (Å²) in [6.07, 6.45) is 2.27. The Labute approximate surface area is 127 Å². The molecule has 2 aromatic rings. The van der Waals surface area contributed by atoms with Crippen molar-refractivity contribution in [3.63, 3.8) is 0 Å². The van der Waals surface area contributed by atoms with Crippen LogP contribution in [0.5, 0.6) is 0 Å². The van der Waals surface area contributed by atoms with E-state index in [2.05, 4.69) is 23.4 Å². The van der Waals surface area contributed by atoms with E-state index in [0.29, 0.717) is 23.8 Å². The standard InChI is InChI=1S/C15H17Cl2FN2/c1-8-3-4-13(9(8)2)20-14-6-11(18)10(17)5-12(14)19-15(20)7-16/h5-6,8-9,13H,3-4,7H2,1-2H3. The van der Waals surface area contributed by atoms with Gasteiger partial charge in [0.1, 0.15) is 11.6 Å². The molecule has 5 heteroatoms. The Bertz CT molecular complexity index is 653. The maximum Gasteiger partial charge on any atom is 0.144 e.